The van der Waals surface area contributed by atoms with Crippen molar-refractivity contribution in [3.63, 3.8) is 0 Å². The number of aromatic nitrogens is 1. The van der Waals surface area contributed by atoms with Crippen LogP contribution in [0, 0.1) is 0 Å². The summed E-state index contributed by atoms with van der Waals surface area (Å²) in [6, 6.07) is 22.6. The molecule has 1 saturated heterocycles. The number of alkyl carbamates (subject to hydrolysis) is 1. The van der Waals surface area contributed by atoms with Crippen LogP contribution in [0.25, 0.3) is 5.57 Å². The van der Waals surface area contributed by atoms with Gasteiger partial charge >= 0.3 is 12.1 Å². The number of hydrogen-bond acceptors (Lipinski definition) is 11. The number of β-lactam (4-membered cyclic amide) rings is 1. The predicted molar refractivity (Wildman–Crippen MR) is 225 cm³/mol. The van der Waals surface area contributed by atoms with Gasteiger partial charge in [-0.1, -0.05) is 101 Å². The second kappa shape index (κ2) is 18.8. The zero-order valence-electron chi connectivity index (χ0n) is 31.1. The quantitative estimate of drug-likeness (QED) is 0.0667. The van der Waals surface area contributed by atoms with E-state index in [-0.39, 0.29) is 35.4 Å². The van der Waals surface area contributed by atoms with Crippen LogP contribution >= 0.6 is 58.1 Å². The van der Waals surface area contributed by atoms with E-state index in [1.54, 1.807) is 45.2 Å². The van der Waals surface area contributed by atoms with Gasteiger partial charge < -0.3 is 25.4 Å². The summed E-state index contributed by atoms with van der Waals surface area (Å²) < 4.78 is 11.5. The van der Waals surface area contributed by atoms with Crippen LogP contribution in [0.1, 0.15) is 48.4 Å². The molecule has 2 aliphatic heterocycles. The van der Waals surface area contributed by atoms with Crippen LogP contribution in [0.3, 0.4) is 0 Å². The summed E-state index contributed by atoms with van der Waals surface area (Å²) in [6.45, 7) is 5.66. The summed E-state index contributed by atoms with van der Waals surface area (Å²) in [5, 5.41) is 8.69. The van der Waals surface area contributed by atoms with Gasteiger partial charge in [-0.05, 0) is 49.6 Å². The van der Waals surface area contributed by atoms with Gasteiger partial charge in [0.1, 0.15) is 22.7 Å². The van der Waals surface area contributed by atoms with Crippen molar-refractivity contribution in [2.24, 2.45) is 0 Å². The van der Waals surface area contributed by atoms with E-state index in [1.165, 1.54) is 28.4 Å². The molecule has 1 fully saturated rings. The first kappa shape index (κ1) is 42.1. The van der Waals surface area contributed by atoms with Crippen LogP contribution in [0.15, 0.2) is 90.8 Å². The number of halogens is 2. The molecule has 0 spiro atoms. The molecule has 12 nitrogen and oxygen atoms in total. The molecular formula is C40H39Cl2N5O7S3. The molecule has 57 heavy (non-hydrogen) atoms. The first-order valence-electron chi connectivity index (χ1n) is 17.8. The molecule has 4 aromatic rings. The highest BCUT2D eigenvalue weighted by molar-refractivity contribution is 8.00. The third kappa shape index (κ3) is 10.9. The Labute approximate surface area is 352 Å². The SMILES string of the molecule is CC(C)(C)OC(=O)NCCSCC(=O)Nc1ncc(C2=C(C(=O)OC(c3ccccc3)c3ccccc3)N3C(=O)C(NC(=O)Cc4ccc(Cl)c(Cl)c4)C3SC2)s1. The van der Waals surface area contributed by atoms with Crippen LogP contribution in [0.5, 0.6) is 0 Å². The molecule has 6 rings (SSSR count). The summed E-state index contributed by atoms with van der Waals surface area (Å²) in [4.78, 5) is 72.5. The van der Waals surface area contributed by atoms with Gasteiger partial charge in [0.05, 0.1) is 27.1 Å². The second-order valence-corrected chi connectivity index (χ2v) is 17.9. The number of fused-ring (bicyclic) bond motifs is 1. The summed E-state index contributed by atoms with van der Waals surface area (Å²) >= 11 is 16.1. The van der Waals surface area contributed by atoms with Crippen molar-refractivity contribution < 1.29 is 33.4 Å². The van der Waals surface area contributed by atoms with E-state index in [1.807, 2.05) is 60.7 Å². The fourth-order valence-corrected chi connectivity index (χ4v) is 9.24. The average Bonchev–Trinajstić information content (AvgIpc) is 3.64. The van der Waals surface area contributed by atoms with Gasteiger partial charge in [-0.15, -0.1) is 11.8 Å². The van der Waals surface area contributed by atoms with Gasteiger partial charge in [-0.2, -0.15) is 11.8 Å². The van der Waals surface area contributed by atoms with Crippen LogP contribution in [-0.2, 0) is 35.1 Å². The molecule has 2 atom stereocenters. The highest BCUT2D eigenvalue weighted by Crippen LogP contribution is 2.45. The first-order chi connectivity index (χ1) is 27.3. The number of amides is 4. The van der Waals surface area contributed by atoms with Gasteiger partial charge in [0.15, 0.2) is 11.2 Å². The Morgan fingerprint density at radius 2 is 1.65 bits per heavy atom. The number of hydrogen-bond donors (Lipinski definition) is 3. The molecule has 3 N–H and O–H groups in total. The molecule has 298 valence electrons. The van der Waals surface area contributed by atoms with Gasteiger partial charge in [-0.25, -0.2) is 14.6 Å². The van der Waals surface area contributed by atoms with Gasteiger partial charge in [0.2, 0.25) is 11.8 Å². The third-order valence-electron chi connectivity index (χ3n) is 8.45. The summed E-state index contributed by atoms with van der Waals surface area (Å²) in [6.07, 6.45) is 0.214. The highest BCUT2D eigenvalue weighted by Gasteiger charge is 2.55. The number of thioether (sulfide) groups is 2. The number of rotatable bonds is 14. The molecule has 4 amide bonds. The third-order valence-corrected chi connectivity index (χ3v) is 12.4. The van der Waals surface area contributed by atoms with Crippen molar-refractivity contribution in [3.05, 3.63) is 122 Å². The Balaban J connectivity index is 1.19. The molecule has 1 aromatic heterocycles. The summed E-state index contributed by atoms with van der Waals surface area (Å²) in [5.41, 5.74) is 2.06. The second-order valence-electron chi connectivity index (χ2n) is 13.9. The van der Waals surface area contributed by atoms with E-state index in [4.69, 9.17) is 32.7 Å². The van der Waals surface area contributed by atoms with Crippen LogP contribution in [-0.4, -0.2) is 80.5 Å². The van der Waals surface area contributed by atoms with E-state index >= 15 is 0 Å². The van der Waals surface area contributed by atoms with E-state index in [9.17, 15) is 24.0 Å². The predicted octanol–water partition coefficient (Wildman–Crippen LogP) is 7.33. The standard InChI is InChI=1S/C40H39Cl2N5O7S3/c1-40(2,3)54-39(52)43-16-17-55-22-31(49)46-38-44-20-29(57-38)26-21-56-36-32(45-30(48)19-23-14-15-27(41)28(42)18-23)35(50)47(36)33(26)37(51)53-34(24-10-6-4-7-11-24)25-12-8-5-9-13-25/h4-15,18,20,32,34,36H,16-17,19,21-22H2,1-3H3,(H,43,52)(H,45,48)(H,44,46,49). The first-order valence-corrected chi connectivity index (χ1v) is 21.6. The lowest BCUT2D eigenvalue weighted by Crippen LogP contribution is -2.70. The van der Waals surface area contributed by atoms with E-state index in [0.717, 1.165) is 22.5 Å². The highest BCUT2D eigenvalue weighted by atomic mass is 35.5. The zero-order valence-corrected chi connectivity index (χ0v) is 35.0. The lowest BCUT2D eigenvalue weighted by Gasteiger charge is -2.49. The Morgan fingerprint density at radius 3 is 2.30 bits per heavy atom. The maximum Gasteiger partial charge on any atom is 0.407 e. The number of carbonyl (C=O) groups excluding carboxylic acids is 5. The van der Waals surface area contributed by atoms with Gasteiger partial charge in [0.25, 0.3) is 5.91 Å². The molecule has 2 aliphatic rings. The minimum absolute atomic E-state index is 0.0271. The topological polar surface area (TPSA) is 156 Å². The molecule has 3 heterocycles. The van der Waals surface area contributed by atoms with E-state index in [2.05, 4.69) is 20.9 Å². The van der Waals surface area contributed by atoms with E-state index < -0.39 is 41.1 Å². The average molecular weight is 869 g/mol. The van der Waals surface area contributed by atoms with Crippen LogP contribution in [0.4, 0.5) is 9.93 Å². The minimum Gasteiger partial charge on any atom is -0.448 e. The number of thiazole rings is 1. The van der Waals surface area contributed by atoms with Crippen molar-refractivity contribution in [3.8, 4) is 0 Å². The van der Waals surface area contributed by atoms with Crippen molar-refractivity contribution in [2.75, 3.05) is 29.1 Å². The zero-order chi connectivity index (χ0) is 40.7. The summed E-state index contributed by atoms with van der Waals surface area (Å²) in [7, 11) is 0. The Kier molecular flexibility index (Phi) is 13.9. The molecule has 0 radical (unpaired) electrons. The molecular weight excluding hydrogens is 830 g/mol. The smallest absolute Gasteiger partial charge is 0.407 e. The fraction of sp³-hybridized carbons (Fsp3) is 0.300. The Morgan fingerprint density at radius 1 is 0.965 bits per heavy atom. The normalized spacial score (nSPS) is 16.4. The number of ether oxygens (including phenoxy) is 2. The maximum atomic E-state index is 14.5. The van der Waals surface area contributed by atoms with Crippen LogP contribution < -0.4 is 16.0 Å². The summed E-state index contributed by atoms with van der Waals surface area (Å²) in [5.74, 6) is -0.988. The molecule has 2 unspecified atom stereocenters. The fourth-order valence-electron chi connectivity index (χ4n) is 5.93. The maximum absolute atomic E-state index is 14.5. The van der Waals surface area contributed by atoms with Gasteiger partial charge in [0, 0.05) is 29.8 Å². The van der Waals surface area contributed by atoms with Crippen molar-refractivity contribution >= 4 is 98.6 Å². The van der Waals surface area contributed by atoms with Crippen molar-refractivity contribution in [1.29, 1.82) is 0 Å². The number of nitrogens with one attached hydrogen (secondary N) is 3. The van der Waals surface area contributed by atoms with Crippen molar-refractivity contribution in [2.45, 2.75) is 50.3 Å². The molecule has 0 saturated carbocycles. The van der Waals surface area contributed by atoms with Crippen LogP contribution in [0.2, 0.25) is 10.0 Å². The Hall–Kier alpha value is -4.54. The monoisotopic (exact) mass is 867 g/mol. The lowest BCUT2D eigenvalue weighted by molar-refractivity contribution is -0.154. The molecule has 0 aliphatic carbocycles. The number of carbonyl (C=O) groups is 5. The number of benzene rings is 3. The number of nitrogens with zero attached hydrogens (tertiary/aromatic N) is 2. The minimum atomic E-state index is -0.887. The van der Waals surface area contributed by atoms with Crippen molar-refractivity contribution in [1.82, 2.24) is 20.5 Å². The number of esters is 1. The lowest BCUT2D eigenvalue weighted by atomic mass is 10.00. The molecule has 3 aromatic carbocycles. The molecule has 17 heteroatoms. The van der Waals surface area contributed by atoms with Gasteiger partial charge in [-0.3, -0.25) is 19.3 Å². The van der Waals surface area contributed by atoms with E-state index in [0.29, 0.717) is 43.5 Å². The Bertz CT molecular complexity index is 2130. The largest absolute Gasteiger partial charge is 0.448 e. The number of anilines is 1. The molecule has 0 bridgehead atoms.